The van der Waals surface area contributed by atoms with Crippen molar-refractivity contribution in [2.45, 2.75) is 50.4 Å². The van der Waals surface area contributed by atoms with E-state index in [-0.39, 0.29) is 6.04 Å². The van der Waals surface area contributed by atoms with Gasteiger partial charge in [0.25, 0.3) is 0 Å². The Balaban J connectivity index is 1.42. The predicted octanol–water partition coefficient (Wildman–Crippen LogP) is 2.65. The molecule has 2 atom stereocenters. The third kappa shape index (κ3) is 3.69. The number of fused-ring (bicyclic) bond motifs is 2. The molecule has 3 N–H and O–H groups in total. The molecule has 0 amide bonds. The number of nitrogens with one attached hydrogen (secondary N) is 2. The summed E-state index contributed by atoms with van der Waals surface area (Å²) in [5, 5.41) is 15.4. The minimum atomic E-state index is -0.846. The minimum Gasteiger partial charge on any atom is -0.388 e. The number of benzene rings is 1. The monoisotopic (exact) mass is 446 g/mol. The Morgan fingerprint density at radius 2 is 2.18 bits per heavy atom. The Kier molecular flexibility index (Phi) is 5.10. The third-order valence-electron chi connectivity index (χ3n) is 7.61. The van der Waals surface area contributed by atoms with Crippen LogP contribution in [-0.4, -0.2) is 64.2 Å². The number of rotatable bonds is 5. The smallest absolute Gasteiger partial charge is 0.140 e. The number of aliphatic hydroxyl groups is 1. The number of carbonyl (C=O) groups is 1. The summed E-state index contributed by atoms with van der Waals surface area (Å²) >= 11 is 0. The van der Waals surface area contributed by atoms with Gasteiger partial charge in [-0.1, -0.05) is 6.07 Å². The number of H-pyrrole nitrogens is 1. The van der Waals surface area contributed by atoms with Crippen molar-refractivity contribution in [2.24, 2.45) is 0 Å². The Hall–Kier alpha value is -2.58. The van der Waals surface area contributed by atoms with Gasteiger partial charge in [-0.05, 0) is 66.1 Å². The number of aromatic nitrogens is 2. The van der Waals surface area contributed by atoms with Crippen molar-refractivity contribution in [2.75, 3.05) is 26.3 Å². The Morgan fingerprint density at radius 1 is 1.30 bits per heavy atom. The van der Waals surface area contributed by atoms with E-state index < -0.39 is 11.6 Å². The molecule has 1 saturated carbocycles. The number of aldehydes is 1. The van der Waals surface area contributed by atoms with Gasteiger partial charge in [-0.2, -0.15) is 0 Å². The van der Waals surface area contributed by atoms with Gasteiger partial charge in [0.05, 0.1) is 30.9 Å². The first-order valence-electron chi connectivity index (χ1n) is 11.9. The van der Waals surface area contributed by atoms with E-state index in [1.807, 2.05) is 12.4 Å². The first-order chi connectivity index (χ1) is 16.1. The highest BCUT2D eigenvalue weighted by Crippen LogP contribution is 2.42. The van der Waals surface area contributed by atoms with Crippen molar-refractivity contribution in [3.05, 3.63) is 52.8 Å². The van der Waals surface area contributed by atoms with E-state index in [0.717, 1.165) is 54.6 Å². The van der Waals surface area contributed by atoms with Gasteiger partial charge in [-0.15, -0.1) is 0 Å². The van der Waals surface area contributed by atoms with Crippen LogP contribution >= 0.6 is 0 Å². The molecule has 7 heteroatoms. The molecule has 7 nitrogen and oxygen atoms in total. The summed E-state index contributed by atoms with van der Waals surface area (Å²) in [7, 11) is 0. The van der Waals surface area contributed by atoms with Gasteiger partial charge < -0.3 is 24.9 Å². The van der Waals surface area contributed by atoms with E-state index in [2.05, 4.69) is 45.3 Å². The molecule has 1 saturated heterocycles. The van der Waals surface area contributed by atoms with Crippen LogP contribution in [0.15, 0.2) is 30.6 Å². The maximum absolute atomic E-state index is 11.9. The van der Waals surface area contributed by atoms with Crippen LogP contribution in [0.3, 0.4) is 0 Å². The Morgan fingerprint density at radius 3 is 2.94 bits per heavy atom. The number of morpholine rings is 1. The third-order valence-corrected chi connectivity index (χ3v) is 7.61. The summed E-state index contributed by atoms with van der Waals surface area (Å²) in [5.41, 5.74) is 7.31. The molecule has 4 heterocycles. The maximum Gasteiger partial charge on any atom is 0.140 e. The lowest BCUT2D eigenvalue weighted by atomic mass is 9.86. The summed E-state index contributed by atoms with van der Waals surface area (Å²) in [5.74, 6) is 0. The average molecular weight is 447 g/mol. The van der Waals surface area contributed by atoms with Crippen LogP contribution in [0, 0.1) is 6.92 Å². The lowest BCUT2D eigenvalue weighted by molar-refractivity contribution is -0.118. The summed E-state index contributed by atoms with van der Waals surface area (Å²) in [6.07, 6.45) is 7.13. The predicted molar refractivity (Wildman–Crippen MR) is 126 cm³/mol. The zero-order chi connectivity index (χ0) is 22.6. The topological polar surface area (TPSA) is 90.5 Å². The van der Waals surface area contributed by atoms with Crippen LogP contribution in [0.25, 0.3) is 22.2 Å². The molecule has 2 aliphatic heterocycles. The van der Waals surface area contributed by atoms with E-state index in [4.69, 9.17) is 4.74 Å². The Labute approximate surface area is 193 Å². The van der Waals surface area contributed by atoms with E-state index in [0.29, 0.717) is 26.0 Å². The molecule has 0 radical (unpaired) electrons. The van der Waals surface area contributed by atoms with E-state index in [9.17, 15) is 9.90 Å². The molecule has 1 aromatic carbocycles. The maximum atomic E-state index is 11.9. The van der Waals surface area contributed by atoms with Crippen LogP contribution in [0.2, 0.25) is 0 Å². The van der Waals surface area contributed by atoms with Crippen molar-refractivity contribution < 1.29 is 14.6 Å². The SMILES string of the molecule is Cc1c[nH]c2ncc(-c3cc4c(c(C5COCCN5)c3)CN(C(C=O)C3(O)CC3)CC4)cc12. The highest BCUT2D eigenvalue weighted by Gasteiger charge is 2.50. The molecule has 6 rings (SSSR count). The lowest BCUT2D eigenvalue weighted by Crippen LogP contribution is -2.49. The zero-order valence-electron chi connectivity index (χ0n) is 18.9. The molecule has 0 spiro atoms. The van der Waals surface area contributed by atoms with Crippen molar-refractivity contribution in [1.29, 1.82) is 0 Å². The highest BCUT2D eigenvalue weighted by molar-refractivity contribution is 5.84. The van der Waals surface area contributed by atoms with Crippen molar-refractivity contribution in [3.63, 3.8) is 0 Å². The average Bonchev–Trinajstić information content (AvgIpc) is 3.49. The van der Waals surface area contributed by atoms with Crippen molar-refractivity contribution in [1.82, 2.24) is 20.2 Å². The lowest BCUT2D eigenvalue weighted by Gasteiger charge is -2.38. The first kappa shape index (κ1) is 21.0. The number of ether oxygens (including phenoxy) is 1. The Bertz CT molecular complexity index is 1210. The quantitative estimate of drug-likeness (QED) is 0.522. The van der Waals surface area contributed by atoms with Gasteiger partial charge in [0.15, 0.2) is 0 Å². The van der Waals surface area contributed by atoms with E-state index >= 15 is 0 Å². The first-order valence-corrected chi connectivity index (χ1v) is 11.9. The van der Waals surface area contributed by atoms with Crippen LogP contribution in [0.4, 0.5) is 0 Å². The van der Waals surface area contributed by atoms with Gasteiger partial charge in [-0.25, -0.2) is 4.98 Å². The summed E-state index contributed by atoms with van der Waals surface area (Å²) < 4.78 is 5.81. The van der Waals surface area contributed by atoms with Gasteiger partial charge in [-0.3, -0.25) is 4.90 Å². The second-order valence-electron chi connectivity index (χ2n) is 9.78. The fourth-order valence-corrected chi connectivity index (χ4v) is 5.47. The molecule has 172 valence electrons. The number of aryl methyl sites for hydroxylation is 1. The number of carbonyl (C=O) groups excluding carboxylic acids is 1. The molecule has 3 aliphatic rings. The number of pyridine rings is 1. The van der Waals surface area contributed by atoms with E-state index in [1.54, 1.807) is 0 Å². The standard InChI is InChI=1S/C26H30N4O3/c1-16-11-28-25-20(16)10-19(12-29-25)18-8-17-2-6-30(24(14-31)26(32)3-4-26)13-22(17)21(9-18)23-15-33-7-5-27-23/h8-12,14,23-24,27,32H,2-7,13,15H2,1H3,(H,28,29). The molecule has 2 fully saturated rings. The van der Waals surface area contributed by atoms with Gasteiger partial charge in [0.1, 0.15) is 11.9 Å². The van der Waals surface area contributed by atoms with Crippen LogP contribution in [-0.2, 0) is 22.5 Å². The number of hydrogen-bond donors (Lipinski definition) is 3. The van der Waals surface area contributed by atoms with Crippen LogP contribution < -0.4 is 5.32 Å². The second-order valence-corrected chi connectivity index (χ2v) is 9.78. The number of nitrogens with zero attached hydrogens (tertiary/aromatic N) is 2. The largest absolute Gasteiger partial charge is 0.388 e. The molecular weight excluding hydrogens is 416 g/mol. The molecule has 1 aliphatic carbocycles. The molecule has 3 aromatic rings. The number of hydrogen-bond acceptors (Lipinski definition) is 6. The normalized spacial score (nSPS) is 23.3. The summed E-state index contributed by atoms with van der Waals surface area (Å²) in [4.78, 5) is 21.9. The van der Waals surface area contributed by atoms with Crippen LogP contribution in [0.5, 0.6) is 0 Å². The fourth-order valence-electron chi connectivity index (χ4n) is 5.47. The molecule has 0 bridgehead atoms. The second kappa shape index (κ2) is 8.02. The fraction of sp³-hybridized carbons (Fsp3) is 0.462. The summed E-state index contributed by atoms with van der Waals surface area (Å²) in [6.45, 7) is 5.70. The number of aromatic amines is 1. The van der Waals surface area contributed by atoms with Crippen molar-refractivity contribution >= 4 is 17.3 Å². The van der Waals surface area contributed by atoms with Crippen molar-refractivity contribution in [3.8, 4) is 11.1 Å². The molecule has 33 heavy (non-hydrogen) atoms. The molecule has 2 unspecified atom stereocenters. The summed E-state index contributed by atoms with van der Waals surface area (Å²) in [6, 6.07) is 6.44. The zero-order valence-corrected chi connectivity index (χ0v) is 18.9. The minimum absolute atomic E-state index is 0.108. The molecular formula is C26H30N4O3. The molecule has 2 aromatic heterocycles. The van der Waals surface area contributed by atoms with Gasteiger partial charge in [0.2, 0.25) is 0 Å². The van der Waals surface area contributed by atoms with Crippen LogP contribution in [0.1, 0.15) is 41.1 Å². The highest BCUT2D eigenvalue weighted by atomic mass is 16.5. The van der Waals surface area contributed by atoms with Gasteiger partial charge >= 0.3 is 0 Å². The van der Waals surface area contributed by atoms with E-state index in [1.165, 1.54) is 22.3 Å². The van der Waals surface area contributed by atoms with Gasteiger partial charge in [0, 0.05) is 43.0 Å².